The number of hydrogen-bond acceptors (Lipinski definition) is 4. The van der Waals surface area contributed by atoms with Gasteiger partial charge in [0.05, 0.1) is 19.8 Å². The third-order valence-electron chi connectivity index (χ3n) is 5.51. The third kappa shape index (κ3) is 3.42. The fourth-order valence-corrected chi connectivity index (χ4v) is 3.89. The zero-order valence-electron chi connectivity index (χ0n) is 17.2. The average Bonchev–Trinajstić information content (AvgIpc) is 3.18. The number of esters is 1. The van der Waals surface area contributed by atoms with Gasteiger partial charge in [-0.2, -0.15) is 0 Å². The van der Waals surface area contributed by atoms with Crippen molar-refractivity contribution in [2.75, 3.05) is 14.2 Å². The monoisotopic (exact) mass is 408 g/mol. The number of carbonyl (C=O) groups excluding carboxylic acids is 1. The number of methoxy groups -OCH3 is 2. The summed E-state index contributed by atoms with van der Waals surface area (Å²) < 4.78 is 16.4. The number of benzene rings is 4. The van der Waals surface area contributed by atoms with Crippen molar-refractivity contribution in [1.82, 2.24) is 0 Å². The van der Waals surface area contributed by atoms with E-state index in [1.807, 2.05) is 78.9 Å². The Morgan fingerprint density at radius 1 is 0.806 bits per heavy atom. The summed E-state index contributed by atoms with van der Waals surface area (Å²) in [6.45, 7) is 0. The number of carbonyl (C=O) groups is 1. The molecular weight excluding hydrogens is 388 g/mol. The molecule has 4 heteroatoms. The molecule has 0 fully saturated rings. The first-order chi connectivity index (χ1) is 15.2. The lowest BCUT2D eigenvalue weighted by atomic mass is 10.0. The van der Waals surface area contributed by atoms with Gasteiger partial charge in [-0.05, 0) is 58.0 Å². The summed E-state index contributed by atoms with van der Waals surface area (Å²) in [5, 5.41) is 4.20. The van der Waals surface area contributed by atoms with E-state index in [-0.39, 0.29) is 5.97 Å². The van der Waals surface area contributed by atoms with E-state index in [4.69, 9.17) is 14.2 Å². The van der Waals surface area contributed by atoms with Crippen LogP contribution in [0.5, 0.6) is 11.5 Å². The summed E-state index contributed by atoms with van der Waals surface area (Å²) >= 11 is 0. The molecule has 31 heavy (non-hydrogen) atoms. The lowest BCUT2D eigenvalue weighted by molar-refractivity contribution is -0.130. The predicted molar refractivity (Wildman–Crippen MR) is 123 cm³/mol. The highest BCUT2D eigenvalue weighted by Crippen LogP contribution is 2.34. The van der Waals surface area contributed by atoms with Crippen LogP contribution in [-0.2, 0) is 9.53 Å². The van der Waals surface area contributed by atoms with Gasteiger partial charge in [-0.1, -0.05) is 48.5 Å². The molecule has 4 aromatic carbocycles. The van der Waals surface area contributed by atoms with E-state index in [1.54, 1.807) is 20.3 Å². The molecule has 4 nitrogen and oxygen atoms in total. The van der Waals surface area contributed by atoms with Gasteiger partial charge >= 0.3 is 5.97 Å². The Hall–Kier alpha value is -4.05. The first-order valence-corrected chi connectivity index (χ1v) is 9.96. The van der Waals surface area contributed by atoms with Gasteiger partial charge in [0.1, 0.15) is 17.3 Å². The number of cyclic esters (lactones) is 1. The van der Waals surface area contributed by atoms with Crippen LogP contribution in [0.15, 0.2) is 84.4 Å². The molecule has 0 unspecified atom stereocenters. The van der Waals surface area contributed by atoms with Crippen LogP contribution in [0.1, 0.15) is 11.1 Å². The van der Waals surface area contributed by atoms with E-state index >= 15 is 0 Å². The Labute approximate surface area is 180 Å². The molecule has 0 aliphatic carbocycles. The summed E-state index contributed by atoms with van der Waals surface area (Å²) in [4.78, 5) is 12.6. The average molecular weight is 408 g/mol. The molecule has 1 heterocycles. The molecule has 5 rings (SSSR count). The molecule has 0 saturated heterocycles. The molecule has 0 spiro atoms. The molecule has 1 aliphatic rings. The Bertz CT molecular complexity index is 1400. The number of hydrogen-bond donors (Lipinski definition) is 0. The smallest absolute Gasteiger partial charge is 0.343 e. The maximum Gasteiger partial charge on any atom is 0.343 e. The van der Waals surface area contributed by atoms with Gasteiger partial charge in [0, 0.05) is 11.1 Å². The van der Waals surface area contributed by atoms with E-state index in [1.165, 1.54) is 0 Å². The Kier molecular flexibility index (Phi) is 4.68. The van der Waals surface area contributed by atoms with Crippen LogP contribution in [0.4, 0.5) is 0 Å². The fourth-order valence-electron chi connectivity index (χ4n) is 3.89. The van der Waals surface area contributed by atoms with Gasteiger partial charge in [-0.25, -0.2) is 4.79 Å². The molecular formula is C27H20O4. The zero-order valence-corrected chi connectivity index (χ0v) is 17.2. The Morgan fingerprint density at radius 2 is 1.58 bits per heavy atom. The van der Waals surface area contributed by atoms with Gasteiger partial charge in [-0.3, -0.25) is 0 Å². The second-order valence-corrected chi connectivity index (χ2v) is 7.33. The molecule has 0 atom stereocenters. The minimum Gasteiger partial charge on any atom is -0.497 e. The van der Waals surface area contributed by atoms with Gasteiger partial charge < -0.3 is 14.2 Å². The van der Waals surface area contributed by atoms with E-state index in [0.717, 1.165) is 38.4 Å². The van der Waals surface area contributed by atoms with E-state index in [9.17, 15) is 4.79 Å². The first-order valence-electron chi connectivity index (χ1n) is 9.96. The maximum atomic E-state index is 12.6. The summed E-state index contributed by atoms with van der Waals surface area (Å²) in [7, 11) is 3.28. The number of ether oxygens (including phenoxy) is 3. The molecule has 0 saturated carbocycles. The second-order valence-electron chi connectivity index (χ2n) is 7.33. The van der Waals surface area contributed by atoms with Crippen molar-refractivity contribution in [3.8, 4) is 11.5 Å². The van der Waals surface area contributed by atoms with Crippen molar-refractivity contribution in [3.63, 3.8) is 0 Å². The van der Waals surface area contributed by atoms with E-state index in [0.29, 0.717) is 17.1 Å². The standard InChI is InChI=1S/C27H20O4/c1-29-22-11-9-18-13-20(8-7-19(18)14-22)26-16-21(27(28)31-26)15-24-23-6-4-3-5-17(23)10-12-25(24)30-2/h3-16H,1-2H3/b21-15+. The molecule has 4 aromatic rings. The van der Waals surface area contributed by atoms with Crippen molar-refractivity contribution in [2.45, 2.75) is 0 Å². The molecule has 0 aromatic heterocycles. The topological polar surface area (TPSA) is 44.8 Å². The highest BCUT2D eigenvalue weighted by Gasteiger charge is 2.23. The van der Waals surface area contributed by atoms with Gasteiger partial charge in [0.2, 0.25) is 0 Å². The van der Waals surface area contributed by atoms with Crippen LogP contribution in [0.3, 0.4) is 0 Å². The Morgan fingerprint density at radius 3 is 2.42 bits per heavy atom. The van der Waals surface area contributed by atoms with E-state index in [2.05, 4.69) is 0 Å². The van der Waals surface area contributed by atoms with Crippen molar-refractivity contribution in [2.24, 2.45) is 0 Å². The normalized spacial score (nSPS) is 14.7. The SMILES string of the molecule is COc1ccc2cc(C3=C/C(=C\c4c(OC)ccc5ccccc45)C(=O)O3)ccc2c1. The quantitative estimate of drug-likeness (QED) is 0.307. The van der Waals surface area contributed by atoms with Crippen molar-refractivity contribution in [1.29, 1.82) is 0 Å². The summed E-state index contributed by atoms with van der Waals surface area (Å²) in [6, 6.07) is 23.8. The zero-order chi connectivity index (χ0) is 21.4. The molecule has 1 aliphatic heterocycles. The van der Waals surface area contributed by atoms with Crippen molar-refractivity contribution < 1.29 is 19.0 Å². The van der Waals surface area contributed by atoms with E-state index < -0.39 is 0 Å². The summed E-state index contributed by atoms with van der Waals surface area (Å²) in [5.41, 5.74) is 2.19. The Balaban J connectivity index is 1.58. The van der Waals surface area contributed by atoms with Crippen LogP contribution in [-0.4, -0.2) is 20.2 Å². The van der Waals surface area contributed by atoms with Crippen LogP contribution < -0.4 is 9.47 Å². The lowest BCUT2D eigenvalue weighted by Crippen LogP contribution is -1.98. The number of rotatable bonds is 4. The summed E-state index contributed by atoms with van der Waals surface area (Å²) in [5.74, 6) is 1.68. The van der Waals surface area contributed by atoms with Gasteiger partial charge in [-0.15, -0.1) is 0 Å². The van der Waals surface area contributed by atoms with Crippen LogP contribution >= 0.6 is 0 Å². The molecule has 0 N–H and O–H groups in total. The van der Waals surface area contributed by atoms with Crippen molar-refractivity contribution in [3.05, 3.63) is 95.6 Å². The van der Waals surface area contributed by atoms with Crippen LogP contribution in [0.25, 0.3) is 33.4 Å². The minimum absolute atomic E-state index is 0.375. The second kappa shape index (κ2) is 7.65. The molecule has 152 valence electrons. The molecule has 0 amide bonds. The number of fused-ring (bicyclic) bond motifs is 2. The largest absolute Gasteiger partial charge is 0.497 e. The van der Waals surface area contributed by atoms with Crippen LogP contribution in [0.2, 0.25) is 0 Å². The fraction of sp³-hybridized carbons (Fsp3) is 0.0741. The highest BCUT2D eigenvalue weighted by atomic mass is 16.5. The first kappa shape index (κ1) is 18.9. The van der Waals surface area contributed by atoms with Crippen molar-refractivity contribution >= 4 is 39.3 Å². The lowest BCUT2D eigenvalue weighted by Gasteiger charge is -2.09. The molecule has 0 radical (unpaired) electrons. The van der Waals surface area contributed by atoms with Gasteiger partial charge in [0.25, 0.3) is 0 Å². The molecule has 0 bridgehead atoms. The highest BCUT2D eigenvalue weighted by molar-refractivity contribution is 6.07. The summed E-state index contributed by atoms with van der Waals surface area (Å²) in [6.07, 6.45) is 3.62. The predicted octanol–water partition coefficient (Wildman–Crippen LogP) is 5.99. The minimum atomic E-state index is -0.375. The third-order valence-corrected chi connectivity index (χ3v) is 5.51. The van der Waals surface area contributed by atoms with Gasteiger partial charge in [0.15, 0.2) is 0 Å². The van der Waals surface area contributed by atoms with Crippen LogP contribution in [0, 0.1) is 0 Å². The maximum absolute atomic E-state index is 12.6.